The molecule has 0 saturated carbocycles. The van der Waals surface area contributed by atoms with E-state index in [1.54, 1.807) is 30.5 Å². The molecular formula is C13H11N3O. The molecule has 2 aromatic heterocycles. The van der Waals surface area contributed by atoms with E-state index in [9.17, 15) is 0 Å². The molecule has 2 aromatic rings. The SMILES string of the molecule is Cc1ccc(C#N)c(Oc2cccnc2C)n1. The molecule has 4 heteroatoms. The highest BCUT2D eigenvalue weighted by atomic mass is 16.5. The fraction of sp³-hybridized carbons (Fsp3) is 0.154. The average molecular weight is 225 g/mol. The first-order valence-electron chi connectivity index (χ1n) is 5.18. The summed E-state index contributed by atoms with van der Waals surface area (Å²) in [7, 11) is 0. The summed E-state index contributed by atoms with van der Waals surface area (Å²) in [4.78, 5) is 8.33. The maximum absolute atomic E-state index is 8.97. The lowest BCUT2D eigenvalue weighted by Gasteiger charge is -2.08. The van der Waals surface area contributed by atoms with Gasteiger partial charge in [-0.25, -0.2) is 4.98 Å². The van der Waals surface area contributed by atoms with Gasteiger partial charge in [0, 0.05) is 11.9 Å². The van der Waals surface area contributed by atoms with Crippen molar-refractivity contribution in [2.24, 2.45) is 0 Å². The Hall–Kier alpha value is -2.41. The topological polar surface area (TPSA) is 58.8 Å². The van der Waals surface area contributed by atoms with Crippen LogP contribution in [-0.4, -0.2) is 9.97 Å². The molecule has 0 fully saturated rings. The number of nitrogens with zero attached hydrogens (tertiary/aromatic N) is 3. The Kier molecular flexibility index (Phi) is 3.01. The predicted octanol–water partition coefficient (Wildman–Crippen LogP) is 2.76. The molecule has 0 aliphatic rings. The summed E-state index contributed by atoms with van der Waals surface area (Å²) in [6.07, 6.45) is 1.69. The number of aryl methyl sites for hydroxylation is 2. The molecule has 0 saturated heterocycles. The quantitative estimate of drug-likeness (QED) is 0.788. The van der Waals surface area contributed by atoms with Gasteiger partial charge in [0.15, 0.2) is 5.75 Å². The molecule has 17 heavy (non-hydrogen) atoms. The van der Waals surface area contributed by atoms with Gasteiger partial charge in [-0.1, -0.05) is 0 Å². The second-order valence-corrected chi connectivity index (χ2v) is 3.61. The maximum atomic E-state index is 8.97. The van der Waals surface area contributed by atoms with Crippen LogP contribution in [-0.2, 0) is 0 Å². The number of hydrogen-bond acceptors (Lipinski definition) is 4. The second-order valence-electron chi connectivity index (χ2n) is 3.61. The Morgan fingerprint density at radius 1 is 1.24 bits per heavy atom. The molecule has 0 unspecified atom stereocenters. The maximum Gasteiger partial charge on any atom is 0.237 e. The standard InChI is InChI=1S/C13H11N3O/c1-9-5-6-11(8-14)13(16-9)17-12-4-3-7-15-10(12)2/h3-7H,1-2H3. The van der Waals surface area contributed by atoms with Crippen molar-refractivity contribution in [3.05, 3.63) is 47.4 Å². The van der Waals surface area contributed by atoms with Gasteiger partial charge in [0.1, 0.15) is 11.6 Å². The van der Waals surface area contributed by atoms with Crippen LogP contribution in [0.5, 0.6) is 11.6 Å². The molecule has 0 N–H and O–H groups in total. The van der Waals surface area contributed by atoms with Crippen molar-refractivity contribution in [2.75, 3.05) is 0 Å². The Labute approximate surface area is 99.5 Å². The van der Waals surface area contributed by atoms with E-state index in [1.165, 1.54) is 0 Å². The Bertz CT molecular complexity index is 587. The van der Waals surface area contributed by atoms with Crippen LogP contribution >= 0.6 is 0 Å². The van der Waals surface area contributed by atoms with Crippen LogP contribution < -0.4 is 4.74 Å². The minimum atomic E-state index is 0.323. The van der Waals surface area contributed by atoms with Gasteiger partial charge in [-0.15, -0.1) is 0 Å². The Balaban J connectivity index is 2.40. The number of pyridine rings is 2. The van der Waals surface area contributed by atoms with Gasteiger partial charge in [-0.2, -0.15) is 5.26 Å². The van der Waals surface area contributed by atoms with Gasteiger partial charge in [0.25, 0.3) is 0 Å². The van der Waals surface area contributed by atoms with Crippen molar-refractivity contribution in [3.8, 4) is 17.7 Å². The van der Waals surface area contributed by atoms with Crippen LogP contribution in [0.15, 0.2) is 30.5 Å². The summed E-state index contributed by atoms with van der Waals surface area (Å²) in [5.74, 6) is 0.936. The summed E-state index contributed by atoms with van der Waals surface area (Å²) in [5, 5.41) is 8.97. The first-order chi connectivity index (χ1) is 8.20. The summed E-state index contributed by atoms with van der Waals surface area (Å²) in [5.41, 5.74) is 1.99. The van der Waals surface area contributed by atoms with E-state index in [0.717, 1.165) is 11.4 Å². The summed E-state index contributed by atoms with van der Waals surface area (Å²) in [6, 6.07) is 9.11. The zero-order chi connectivity index (χ0) is 12.3. The molecule has 0 aliphatic heterocycles. The number of ether oxygens (including phenoxy) is 1. The third-order valence-electron chi connectivity index (χ3n) is 2.29. The van der Waals surface area contributed by atoms with Gasteiger partial charge in [-0.3, -0.25) is 4.98 Å². The molecule has 4 nitrogen and oxygen atoms in total. The van der Waals surface area contributed by atoms with Crippen LogP contribution in [0, 0.1) is 25.2 Å². The third-order valence-corrected chi connectivity index (χ3v) is 2.29. The summed E-state index contributed by atoms with van der Waals surface area (Å²) in [6.45, 7) is 3.70. The predicted molar refractivity (Wildman–Crippen MR) is 62.7 cm³/mol. The highest BCUT2D eigenvalue weighted by molar-refractivity contribution is 5.41. The van der Waals surface area contributed by atoms with E-state index in [2.05, 4.69) is 16.0 Å². The lowest BCUT2D eigenvalue weighted by Crippen LogP contribution is -1.96. The van der Waals surface area contributed by atoms with E-state index in [4.69, 9.17) is 10.00 Å². The van der Waals surface area contributed by atoms with Crippen molar-refractivity contribution in [2.45, 2.75) is 13.8 Å². The third kappa shape index (κ3) is 2.40. The van der Waals surface area contributed by atoms with Crippen LogP contribution in [0.25, 0.3) is 0 Å². The van der Waals surface area contributed by atoms with Crippen LogP contribution in [0.2, 0.25) is 0 Å². The van der Waals surface area contributed by atoms with Crippen molar-refractivity contribution >= 4 is 0 Å². The van der Waals surface area contributed by atoms with Gasteiger partial charge < -0.3 is 4.74 Å². The molecule has 0 aromatic carbocycles. The lowest BCUT2D eigenvalue weighted by atomic mass is 10.2. The minimum Gasteiger partial charge on any atom is -0.436 e. The number of rotatable bonds is 2. The van der Waals surface area contributed by atoms with Crippen molar-refractivity contribution in [1.29, 1.82) is 5.26 Å². The zero-order valence-electron chi connectivity index (χ0n) is 9.64. The van der Waals surface area contributed by atoms with E-state index in [-0.39, 0.29) is 0 Å². The fourth-order valence-electron chi connectivity index (χ4n) is 1.38. The van der Waals surface area contributed by atoms with E-state index >= 15 is 0 Å². The van der Waals surface area contributed by atoms with E-state index in [0.29, 0.717) is 17.2 Å². The smallest absolute Gasteiger partial charge is 0.237 e. The monoisotopic (exact) mass is 225 g/mol. The molecule has 0 spiro atoms. The van der Waals surface area contributed by atoms with Gasteiger partial charge in [0.2, 0.25) is 5.88 Å². The molecule has 84 valence electrons. The molecule has 0 amide bonds. The van der Waals surface area contributed by atoms with Crippen molar-refractivity contribution in [1.82, 2.24) is 9.97 Å². The summed E-state index contributed by atoms with van der Waals surface area (Å²) < 4.78 is 5.62. The minimum absolute atomic E-state index is 0.323. The highest BCUT2D eigenvalue weighted by Gasteiger charge is 2.08. The molecule has 2 heterocycles. The van der Waals surface area contributed by atoms with E-state index in [1.807, 2.05) is 13.8 Å². The molecule has 2 rings (SSSR count). The van der Waals surface area contributed by atoms with Gasteiger partial charge in [0.05, 0.1) is 5.69 Å². The van der Waals surface area contributed by atoms with Gasteiger partial charge in [-0.05, 0) is 38.1 Å². The van der Waals surface area contributed by atoms with E-state index < -0.39 is 0 Å². The van der Waals surface area contributed by atoms with Gasteiger partial charge >= 0.3 is 0 Å². The largest absolute Gasteiger partial charge is 0.436 e. The van der Waals surface area contributed by atoms with Crippen LogP contribution in [0.3, 0.4) is 0 Å². The zero-order valence-corrected chi connectivity index (χ0v) is 9.64. The van der Waals surface area contributed by atoms with Crippen LogP contribution in [0.4, 0.5) is 0 Å². The average Bonchev–Trinajstić information content (AvgIpc) is 2.32. The molecular weight excluding hydrogens is 214 g/mol. The molecule has 0 atom stereocenters. The first kappa shape index (κ1) is 11.1. The summed E-state index contributed by atoms with van der Waals surface area (Å²) >= 11 is 0. The fourth-order valence-corrected chi connectivity index (χ4v) is 1.38. The Morgan fingerprint density at radius 2 is 2.06 bits per heavy atom. The number of hydrogen-bond donors (Lipinski definition) is 0. The molecule has 0 bridgehead atoms. The van der Waals surface area contributed by atoms with Crippen LogP contribution in [0.1, 0.15) is 17.0 Å². The second kappa shape index (κ2) is 4.62. The first-order valence-corrected chi connectivity index (χ1v) is 5.18. The molecule has 0 radical (unpaired) electrons. The molecule has 0 aliphatic carbocycles. The van der Waals surface area contributed by atoms with Crippen molar-refractivity contribution in [3.63, 3.8) is 0 Å². The normalized spacial score (nSPS) is 9.71. The Morgan fingerprint density at radius 3 is 2.76 bits per heavy atom. The highest BCUT2D eigenvalue weighted by Crippen LogP contribution is 2.24. The number of aromatic nitrogens is 2. The lowest BCUT2D eigenvalue weighted by molar-refractivity contribution is 0.454. The number of nitriles is 1. The van der Waals surface area contributed by atoms with Crippen molar-refractivity contribution < 1.29 is 4.74 Å².